The highest BCUT2D eigenvalue weighted by Gasteiger charge is 2.60. The van der Waals surface area contributed by atoms with Gasteiger partial charge in [-0.25, -0.2) is 8.42 Å². The van der Waals surface area contributed by atoms with Crippen molar-refractivity contribution in [3.63, 3.8) is 0 Å². The molecule has 2 heterocycles. The van der Waals surface area contributed by atoms with E-state index in [-0.39, 0.29) is 45.6 Å². The summed E-state index contributed by atoms with van der Waals surface area (Å²) in [6, 6.07) is 8.68. The van der Waals surface area contributed by atoms with Crippen molar-refractivity contribution >= 4 is 50.8 Å². The van der Waals surface area contributed by atoms with E-state index in [0.717, 1.165) is 5.69 Å². The molecule has 0 saturated carbocycles. The Hall–Kier alpha value is -3.61. The molecular weight excluding hydrogens is 574 g/mol. The van der Waals surface area contributed by atoms with Crippen molar-refractivity contribution in [2.24, 2.45) is 10.9 Å². The minimum atomic E-state index is -3.22. The molecule has 2 atom stereocenters. The molecule has 0 radical (unpaired) electrons. The first-order valence-corrected chi connectivity index (χ1v) is 15.1. The molecule has 13 heteroatoms. The molecular formula is C28H30ClN3O8S. The number of halogens is 1. The summed E-state index contributed by atoms with van der Waals surface area (Å²) in [6.07, 6.45) is 2.38. The van der Waals surface area contributed by atoms with Crippen LogP contribution in [-0.2, 0) is 14.8 Å². The van der Waals surface area contributed by atoms with Crippen LogP contribution in [0, 0.1) is 5.92 Å². The fourth-order valence-electron chi connectivity index (χ4n) is 5.48. The third-order valence-corrected chi connectivity index (χ3v) is 9.44. The number of sulfonamides is 1. The van der Waals surface area contributed by atoms with Crippen molar-refractivity contribution in [1.82, 2.24) is 4.31 Å². The van der Waals surface area contributed by atoms with Crippen LogP contribution in [0.25, 0.3) is 0 Å². The van der Waals surface area contributed by atoms with Crippen molar-refractivity contribution in [3.8, 4) is 17.2 Å². The minimum Gasteiger partial charge on any atom is -0.507 e. The second-order valence-electron chi connectivity index (χ2n) is 10.2. The number of methoxy groups -OCH3 is 2. The number of piperazine rings is 1. The zero-order valence-electron chi connectivity index (χ0n) is 23.0. The number of fused-ring (bicyclic) bond motifs is 1. The van der Waals surface area contributed by atoms with E-state index < -0.39 is 33.1 Å². The lowest BCUT2D eigenvalue weighted by molar-refractivity contribution is -0.118. The van der Waals surface area contributed by atoms with Crippen LogP contribution in [-0.4, -0.2) is 87.9 Å². The number of ketones is 2. The van der Waals surface area contributed by atoms with Gasteiger partial charge in [-0.1, -0.05) is 18.5 Å². The number of nitrogens with zero attached hydrogens (tertiary/aromatic N) is 3. The van der Waals surface area contributed by atoms with Crippen LogP contribution in [0.5, 0.6) is 17.2 Å². The summed E-state index contributed by atoms with van der Waals surface area (Å²) >= 11 is 6.47. The molecule has 1 aliphatic carbocycles. The van der Waals surface area contributed by atoms with Crippen LogP contribution < -0.4 is 19.1 Å². The zero-order chi connectivity index (χ0) is 29.7. The van der Waals surface area contributed by atoms with Gasteiger partial charge in [0.15, 0.2) is 17.3 Å². The van der Waals surface area contributed by atoms with Crippen molar-refractivity contribution in [3.05, 3.63) is 52.3 Å². The number of carbonyl (C=O) groups is 2. The standard InChI is InChI=1S/C28H30ClN3O8S/c1-16-13-20(33)19(15-30-17-5-7-18(8-6-17)31-9-11-32(12-10-31)41(4,36)37)26(34)28(16)27(35)23-21(38-2)14-22(39-3)24(29)25(23)40-28/h5-8,14-16,34H,9-13H2,1-4H3. The largest absolute Gasteiger partial charge is 0.507 e. The van der Waals surface area contributed by atoms with Crippen molar-refractivity contribution in [2.45, 2.75) is 18.9 Å². The van der Waals surface area contributed by atoms with Gasteiger partial charge < -0.3 is 24.2 Å². The fourth-order valence-corrected chi connectivity index (χ4v) is 6.57. The summed E-state index contributed by atoms with van der Waals surface area (Å²) in [4.78, 5) is 33.3. The normalized spacial score (nSPS) is 23.3. The predicted octanol–water partition coefficient (Wildman–Crippen LogP) is 3.58. The van der Waals surface area contributed by atoms with Gasteiger partial charge in [-0.15, -0.1) is 0 Å². The average Bonchev–Trinajstić information content (AvgIpc) is 3.27. The van der Waals surface area contributed by atoms with Crippen LogP contribution in [0.2, 0.25) is 5.02 Å². The number of allylic oxidation sites excluding steroid dienone is 1. The summed E-state index contributed by atoms with van der Waals surface area (Å²) in [7, 11) is -0.410. The van der Waals surface area contributed by atoms with E-state index in [0.29, 0.717) is 31.9 Å². The summed E-state index contributed by atoms with van der Waals surface area (Å²) in [5.74, 6) is -1.77. The lowest BCUT2D eigenvalue weighted by Crippen LogP contribution is -2.52. The highest BCUT2D eigenvalue weighted by molar-refractivity contribution is 7.88. The van der Waals surface area contributed by atoms with Crippen LogP contribution in [0.3, 0.4) is 0 Å². The summed E-state index contributed by atoms with van der Waals surface area (Å²) in [5, 5.41) is 11.5. The molecule has 0 bridgehead atoms. The van der Waals surface area contributed by atoms with Gasteiger partial charge >= 0.3 is 0 Å². The van der Waals surface area contributed by atoms with Gasteiger partial charge in [0.1, 0.15) is 22.1 Å². The quantitative estimate of drug-likeness (QED) is 0.492. The zero-order valence-corrected chi connectivity index (χ0v) is 24.6. The number of hydrogen-bond donors (Lipinski definition) is 1. The van der Waals surface area contributed by atoms with Crippen molar-refractivity contribution in [2.75, 3.05) is 51.6 Å². The summed E-state index contributed by atoms with van der Waals surface area (Å²) in [5.41, 5.74) is -0.522. The maximum atomic E-state index is 13.8. The van der Waals surface area contributed by atoms with Crippen molar-refractivity contribution in [1.29, 1.82) is 0 Å². The number of aliphatic hydroxyl groups is 1. The van der Waals surface area contributed by atoms with Crippen LogP contribution in [0.1, 0.15) is 23.7 Å². The Labute approximate surface area is 243 Å². The molecule has 11 nitrogen and oxygen atoms in total. The molecule has 5 rings (SSSR count). The lowest BCUT2D eigenvalue weighted by atomic mass is 9.73. The van der Waals surface area contributed by atoms with Gasteiger partial charge in [-0.2, -0.15) is 4.31 Å². The Morgan fingerprint density at radius 2 is 1.73 bits per heavy atom. The third-order valence-electron chi connectivity index (χ3n) is 7.78. The number of anilines is 1. The van der Waals surface area contributed by atoms with Gasteiger partial charge in [-0.05, 0) is 24.3 Å². The summed E-state index contributed by atoms with van der Waals surface area (Å²) in [6.45, 7) is 3.58. The SMILES string of the molecule is COc1cc(OC)c2c(c1Cl)OC1(C2=O)C(O)=C(C=Nc2ccc(N3CCN(S(C)(=O)=O)CC3)cc2)C(=O)CC1C. The number of benzene rings is 2. The van der Waals surface area contributed by atoms with Gasteiger partial charge in [0, 0.05) is 56.5 Å². The Morgan fingerprint density at radius 1 is 1.10 bits per heavy atom. The monoisotopic (exact) mass is 603 g/mol. The van der Waals surface area contributed by atoms with E-state index in [4.69, 9.17) is 25.8 Å². The molecule has 218 valence electrons. The van der Waals surface area contributed by atoms with Gasteiger partial charge in [0.05, 0.1) is 31.7 Å². The number of aliphatic hydroxyl groups excluding tert-OH is 1. The maximum Gasteiger partial charge on any atom is 0.231 e. The highest BCUT2D eigenvalue weighted by atomic mass is 35.5. The molecule has 1 saturated heterocycles. The average molecular weight is 604 g/mol. The second-order valence-corrected chi connectivity index (χ2v) is 12.5. The van der Waals surface area contributed by atoms with E-state index >= 15 is 0 Å². The Balaban J connectivity index is 1.42. The topological polar surface area (TPSA) is 135 Å². The first-order valence-electron chi connectivity index (χ1n) is 12.9. The number of Topliss-reactive ketones (excluding diaryl/α,β-unsaturated/α-hetero) is 2. The molecule has 0 amide bonds. The number of ether oxygens (including phenoxy) is 3. The molecule has 2 aliphatic heterocycles. The highest BCUT2D eigenvalue weighted by Crippen LogP contribution is 2.54. The molecule has 1 fully saturated rings. The van der Waals surface area contributed by atoms with E-state index in [9.17, 15) is 23.1 Å². The lowest BCUT2D eigenvalue weighted by Gasteiger charge is -2.36. The number of carbonyl (C=O) groups excluding carboxylic acids is 2. The number of hydrogen-bond acceptors (Lipinski definition) is 10. The van der Waals surface area contributed by atoms with E-state index in [1.54, 1.807) is 19.1 Å². The number of rotatable bonds is 6. The van der Waals surface area contributed by atoms with Crippen LogP contribution in [0.4, 0.5) is 11.4 Å². The maximum absolute atomic E-state index is 13.8. The minimum absolute atomic E-state index is 0.0184. The van der Waals surface area contributed by atoms with Gasteiger partial charge in [-0.3, -0.25) is 14.6 Å². The predicted molar refractivity (Wildman–Crippen MR) is 154 cm³/mol. The Morgan fingerprint density at radius 3 is 2.32 bits per heavy atom. The smallest absolute Gasteiger partial charge is 0.231 e. The fraction of sp³-hybridized carbons (Fsp3) is 0.393. The van der Waals surface area contributed by atoms with Crippen LogP contribution in [0.15, 0.2) is 46.7 Å². The molecule has 2 aromatic rings. The molecule has 2 unspecified atom stereocenters. The first-order chi connectivity index (χ1) is 19.4. The van der Waals surface area contributed by atoms with Crippen LogP contribution >= 0.6 is 11.6 Å². The molecule has 41 heavy (non-hydrogen) atoms. The van der Waals surface area contributed by atoms with Crippen molar-refractivity contribution < 1.29 is 37.3 Å². The first kappa shape index (κ1) is 28.9. The molecule has 2 aromatic carbocycles. The van der Waals surface area contributed by atoms with Gasteiger partial charge in [0.2, 0.25) is 21.4 Å². The van der Waals surface area contributed by atoms with Gasteiger partial charge in [0.25, 0.3) is 0 Å². The molecule has 3 aliphatic rings. The summed E-state index contributed by atoms with van der Waals surface area (Å²) < 4.78 is 41.8. The Bertz CT molecular complexity index is 1580. The molecule has 1 spiro atoms. The Kier molecular flexibility index (Phi) is 7.51. The van der Waals surface area contributed by atoms with E-state index in [1.165, 1.54) is 37.1 Å². The number of aliphatic imine (C=N–C) groups is 1. The third kappa shape index (κ3) is 4.83. The second kappa shape index (κ2) is 10.7. The molecule has 1 N–H and O–H groups in total. The van der Waals surface area contributed by atoms with E-state index in [1.807, 2.05) is 12.1 Å². The molecule has 0 aromatic heterocycles. The van der Waals surface area contributed by atoms with E-state index in [2.05, 4.69) is 9.89 Å².